The van der Waals surface area contributed by atoms with E-state index in [1.54, 1.807) is 6.26 Å². The molecule has 4 aliphatic rings. The maximum atomic E-state index is 12.3. The molecule has 0 amide bonds. The Hall–Kier alpha value is -1.59. The number of rotatable bonds is 2. The second-order valence-corrected chi connectivity index (χ2v) is 12.6. The first kappa shape index (κ1) is 23.2. The topological polar surface area (TPSA) is 79.9 Å². The van der Waals surface area contributed by atoms with Crippen molar-refractivity contribution in [1.82, 2.24) is 0 Å². The molecule has 0 spiro atoms. The van der Waals surface area contributed by atoms with Crippen LogP contribution in [0, 0.1) is 33.5 Å². The fraction of sp³-hybridized carbons (Fsp3) is 0.750. The zero-order valence-electron chi connectivity index (χ0n) is 20.9. The fourth-order valence-electron chi connectivity index (χ4n) is 9.20. The van der Waals surface area contributed by atoms with Crippen LogP contribution in [0.15, 0.2) is 34.7 Å². The molecule has 1 aromatic heterocycles. The lowest BCUT2D eigenvalue weighted by atomic mass is 9.37. The van der Waals surface area contributed by atoms with Crippen LogP contribution in [-0.2, 0) is 9.53 Å². The maximum Gasteiger partial charge on any atom is 0.302 e. The van der Waals surface area contributed by atoms with Gasteiger partial charge in [-0.1, -0.05) is 46.3 Å². The molecule has 5 nitrogen and oxygen atoms in total. The van der Waals surface area contributed by atoms with Gasteiger partial charge in [0.1, 0.15) is 6.10 Å². The minimum Gasteiger partial charge on any atom is -0.472 e. The number of ether oxygens (including phenoxy) is 1. The monoisotopic (exact) mass is 456 g/mol. The van der Waals surface area contributed by atoms with Crippen molar-refractivity contribution in [3.05, 3.63) is 35.8 Å². The molecule has 0 aliphatic heterocycles. The summed E-state index contributed by atoms with van der Waals surface area (Å²) in [5, 5.41) is 22.7. The van der Waals surface area contributed by atoms with Crippen molar-refractivity contribution in [3.63, 3.8) is 0 Å². The lowest BCUT2D eigenvalue weighted by Gasteiger charge is -2.69. The highest BCUT2D eigenvalue weighted by molar-refractivity contribution is 5.66. The van der Waals surface area contributed by atoms with Gasteiger partial charge in [0.15, 0.2) is 0 Å². The third-order valence-electron chi connectivity index (χ3n) is 11.0. The summed E-state index contributed by atoms with van der Waals surface area (Å²) in [5.74, 6) is 0.267. The number of furan rings is 1. The molecule has 0 bridgehead atoms. The summed E-state index contributed by atoms with van der Waals surface area (Å²) in [4.78, 5) is 12.3. The van der Waals surface area contributed by atoms with E-state index in [0.29, 0.717) is 6.42 Å². The summed E-state index contributed by atoms with van der Waals surface area (Å²) in [5.41, 5.74) is 1.27. The van der Waals surface area contributed by atoms with E-state index in [0.717, 1.165) is 31.2 Å². The Morgan fingerprint density at radius 2 is 1.79 bits per heavy atom. The highest BCUT2D eigenvalue weighted by atomic mass is 16.5. The average molecular weight is 457 g/mol. The molecule has 0 radical (unpaired) electrons. The largest absolute Gasteiger partial charge is 0.472 e. The Kier molecular flexibility index (Phi) is 5.06. The Morgan fingerprint density at radius 3 is 2.42 bits per heavy atom. The molecule has 9 unspecified atom stereocenters. The zero-order valence-corrected chi connectivity index (χ0v) is 20.9. The minimum absolute atomic E-state index is 0.0506. The molecule has 9 atom stereocenters. The van der Waals surface area contributed by atoms with Gasteiger partial charge in [0.2, 0.25) is 0 Å². The predicted molar refractivity (Wildman–Crippen MR) is 125 cm³/mol. The van der Waals surface area contributed by atoms with Crippen molar-refractivity contribution >= 4 is 5.97 Å². The summed E-state index contributed by atoms with van der Waals surface area (Å²) in [6.45, 7) is 12.7. The zero-order chi connectivity index (χ0) is 24.0. The highest BCUT2D eigenvalue weighted by Crippen LogP contribution is 2.73. The number of carbonyl (C=O) groups excluding carboxylic acids is 1. The Balaban J connectivity index is 1.64. The molecule has 3 fully saturated rings. The molecule has 1 aromatic rings. The first-order chi connectivity index (χ1) is 15.4. The lowest BCUT2D eigenvalue weighted by Crippen LogP contribution is -2.67. The van der Waals surface area contributed by atoms with Crippen LogP contribution in [0.5, 0.6) is 0 Å². The van der Waals surface area contributed by atoms with Gasteiger partial charge in [-0.15, -0.1) is 0 Å². The summed E-state index contributed by atoms with van der Waals surface area (Å²) in [7, 11) is 0. The van der Waals surface area contributed by atoms with Crippen LogP contribution >= 0.6 is 0 Å². The molecule has 0 saturated heterocycles. The van der Waals surface area contributed by atoms with E-state index in [4.69, 9.17) is 9.15 Å². The molecule has 4 aliphatic carbocycles. The van der Waals surface area contributed by atoms with E-state index in [-0.39, 0.29) is 46.8 Å². The maximum absolute atomic E-state index is 12.3. The number of hydrogen-bond acceptors (Lipinski definition) is 5. The Labute approximate surface area is 197 Å². The van der Waals surface area contributed by atoms with Gasteiger partial charge in [0.05, 0.1) is 24.7 Å². The van der Waals surface area contributed by atoms with Gasteiger partial charge in [-0.05, 0) is 66.4 Å². The van der Waals surface area contributed by atoms with Crippen molar-refractivity contribution in [2.45, 2.75) is 97.9 Å². The van der Waals surface area contributed by atoms with Crippen molar-refractivity contribution in [2.75, 3.05) is 0 Å². The van der Waals surface area contributed by atoms with E-state index in [9.17, 15) is 15.0 Å². The average Bonchev–Trinajstić information content (AvgIpc) is 3.38. The number of hydrogen-bond donors (Lipinski definition) is 2. The van der Waals surface area contributed by atoms with Crippen molar-refractivity contribution in [1.29, 1.82) is 0 Å². The summed E-state index contributed by atoms with van der Waals surface area (Å²) >= 11 is 0. The molecular weight excluding hydrogens is 416 g/mol. The van der Waals surface area contributed by atoms with Crippen LogP contribution in [0.1, 0.15) is 85.1 Å². The fourth-order valence-corrected chi connectivity index (χ4v) is 9.20. The molecule has 33 heavy (non-hydrogen) atoms. The number of esters is 1. The molecule has 182 valence electrons. The summed E-state index contributed by atoms with van der Waals surface area (Å²) in [6, 6.07) is 2.02. The first-order valence-corrected chi connectivity index (χ1v) is 12.6. The summed E-state index contributed by atoms with van der Waals surface area (Å²) < 4.78 is 11.6. The number of fused-ring (bicyclic) bond motifs is 5. The van der Waals surface area contributed by atoms with Gasteiger partial charge < -0.3 is 19.4 Å². The van der Waals surface area contributed by atoms with Gasteiger partial charge in [-0.3, -0.25) is 4.79 Å². The molecule has 2 N–H and O–H groups in total. The van der Waals surface area contributed by atoms with Crippen molar-refractivity contribution in [3.8, 4) is 0 Å². The highest BCUT2D eigenvalue weighted by Gasteiger charge is 2.70. The van der Waals surface area contributed by atoms with Crippen LogP contribution in [0.3, 0.4) is 0 Å². The van der Waals surface area contributed by atoms with Gasteiger partial charge in [0, 0.05) is 23.7 Å². The third-order valence-corrected chi connectivity index (χ3v) is 11.0. The van der Waals surface area contributed by atoms with E-state index in [1.165, 1.54) is 12.5 Å². The van der Waals surface area contributed by atoms with E-state index >= 15 is 0 Å². The van der Waals surface area contributed by atoms with Crippen LogP contribution in [0.25, 0.3) is 0 Å². The third kappa shape index (κ3) is 2.87. The molecule has 1 heterocycles. The van der Waals surface area contributed by atoms with Gasteiger partial charge in [-0.25, -0.2) is 0 Å². The van der Waals surface area contributed by atoms with E-state index in [1.807, 2.05) is 12.3 Å². The minimum atomic E-state index is -0.503. The van der Waals surface area contributed by atoms with Crippen molar-refractivity contribution in [2.24, 2.45) is 33.5 Å². The molecule has 3 saturated carbocycles. The van der Waals surface area contributed by atoms with Gasteiger partial charge in [-0.2, -0.15) is 0 Å². The number of aliphatic hydroxyl groups is 2. The second kappa shape index (κ2) is 7.21. The van der Waals surface area contributed by atoms with Crippen LogP contribution in [0.2, 0.25) is 0 Å². The second-order valence-electron chi connectivity index (χ2n) is 12.6. The molecular formula is C28H40O5. The lowest BCUT2D eigenvalue weighted by molar-refractivity contribution is -0.227. The van der Waals surface area contributed by atoms with Crippen LogP contribution in [-0.4, -0.2) is 34.5 Å². The van der Waals surface area contributed by atoms with Crippen LogP contribution in [0.4, 0.5) is 0 Å². The molecule has 0 aromatic carbocycles. The van der Waals surface area contributed by atoms with Gasteiger partial charge in [0.25, 0.3) is 0 Å². The number of allylic oxidation sites excluding steroid dienone is 1. The molecule has 5 rings (SSSR count). The Morgan fingerprint density at radius 1 is 1.06 bits per heavy atom. The standard InChI is InChI=1S/C28H40O5/c1-16(29)33-24-14-21-26(4)11-9-22(30)25(2,3)20(26)13-23(31)28(21,6)19-8-7-18(27(19,24)5)17-10-12-32-15-17/h8,10,12,15,18,20-24,30-31H,7,9,11,13-14H2,1-6H3. The number of aliphatic hydroxyl groups excluding tert-OH is 2. The normalized spacial score (nSPS) is 48.3. The van der Waals surface area contributed by atoms with Crippen LogP contribution < -0.4 is 0 Å². The smallest absolute Gasteiger partial charge is 0.302 e. The SMILES string of the molecule is CC(=O)OC1CC2C3(C)CCC(O)C(C)(C)C3CC(O)C2(C)C2=CCC(c3ccoc3)C21C. The van der Waals surface area contributed by atoms with E-state index in [2.05, 4.69) is 40.7 Å². The first-order valence-electron chi connectivity index (χ1n) is 12.6. The summed E-state index contributed by atoms with van der Waals surface area (Å²) in [6.07, 6.45) is 8.69. The predicted octanol–water partition coefficient (Wildman–Crippen LogP) is 5.23. The number of carbonyl (C=O) groups is 1. The van der Waals surface area contributed by atoms with E-state index < -0.39 is 16.9 Å². The molecule has 5 heteroatoms. The van der Waals surface area contributed by atoms with Gasteiger partial charge >= 0.3 is 5.97 Å². The Bertz CT molecular complexity index is 963. The quantitative estimate of drug-likeness (QED) is 0.471. The van der Waals surface area contributed by atoms with Crippen molar-refractivity contribution < 1.29 is 24.2 Å².